The Morgan fingerprint density at radius 1 is 1.25 bits per heavy atom. The molecule has 2 saturated carbocycles. The highest BCUT2D eigenvalue weighted by molar-refractivity contribution is 14.0. The second kappa shape index (κ2) is 6.83. The molecule has 0 atom stereocenters. The Balaban J connectivity index is 0.00000147. The van der Waals surface area contributed by atoms with E-state index in [2.05, 4.69) is 44.7 Å². The van der Waals surface area contributed by atoms with E-state index < -0.39 is 0 Å². The molecule has 5 heteroatoms. The summed E-state index contributed by atoms with van der Waals surface area (Å²) in [4.78, 5) is 4.30. The zero-order valence-corrected chi connectivity index (χ0v) is 14.5. The standard InChI is InChI=1S/C15H24N4.HI/c1-16-14(17-8-11-19-9-2-3-10-19)18-12-15(6-7-15)13-4-5-13;/h2-3,9-10,13H,4-8,11-12H2,1H3,(H2,16,17,18);1H. The van der Waals surface area contributed by atoms with Gasteiger partial charge in [-0.15, -0.1) is 24.0 Å². The lowest BCUT2D eigenvalue weighted by Gasteiger charge is -2.18. The van der Waals surface area contributed by atoms with Crippen LogP contribution < -0.4 is 10.6 Å². The number of nitrogens with one attached hydrogen (secondary N) is 2. The number of aliphatic imine (C=N–C) groups is 1. The Morgan fingerprint density at radius 2 is 1.95 bits per heavy atom. The number of aromatic nitrogens is 1. The first kappa shape index (κ1) is 15.7. The van der Waals surface area contributed by atoms with Crippen molar-refractivity contribution in [2.45, 2.75) is 32.2 Å². The molecule has 2 fully saturated rings. The predicted octanol–water partition coefficient (Wildman–Crippen LogP) is 2.46. The van der Waals surface area contributed by atoms with Crippen molar-refractivity contribution in [1.29, 1.82) is 0 Å². The monoisotopic (exact) mass is 388 g/mol. The molecule has 1 aromatic heterocycles. The average molecular weight is 388 g/mol. The number of guanidine groups is 1. The molecule has 0 radical (unpaired) electrons. The van der Waals surface area contributed by atoms with E-state index in [1.165, 1.54) is 25.7 Å². The van der Waals surface area contributed by atoms with E-state index in [0.717, 1.165) is 31.5 Å². The number of hydrogen-bond donors (Lipinski definition) is 2. The first-order valence-corrected chi connectivity index (χ1v) is 7.38. The molecule has 0 bridgehead atoms. The lowest BCUT2D eigenvalue weighted by atomic mass is 10.0. The van der Waals surface area contributed by atoms with Crippen molar-refractivity contribution < 1.29 is 0 Å². The van der Waals surface area contributed by atoms with E-state index in [1.807, 2.05) is 7.05 Å². The van der Waals surface area contributed by atoms with Gasteiger partial charge in [-0.2, -0.15) is 0 Å². The van der Waals surface area contributed by atoms with Gasteiger partial charge in [-0.1, -0.05) is 0 Å². The van der Waals surface area contributed by atoms with Crippen molar-refractivity contribution in [1.82, 2.24) is 15.2 Å². The van der Waals surface area contributed by atoms with Crippen molar-refractivity contribution in [3.63, 3.8) is 0 Å². The van der Waals surface area contributed by atoms with Crippen molar-refractivity contribution in [2.75, 3.05) is 20.1 Å². The summed E-state index contributed by atoms with van der Waals surface area (Å²) < 4.78 is 2.17. The molecule has 1 aromatic rings. The molecule has 0 unspecified atom stereocenters. The van der Waals surface area contributed by atoms with Gasteiger partial charge in [0, 0.05) is 39.1 Å². The van der Waals surface area contributed by atoms with E-state index in [-0.39, 0.29) is 24.0 Å². The Bertz CT molecular complexity index is 433. The lowest BCUT2D eigenvalue weighted by Crippen LogP contribution is -2.41. The van der Waals surface area contributed by atoms with Crippen molar-refractivity contribution >= 4 is 29.9 Å². The maximum Gasteiger partial charge on any atom is 0.191 e. The zero-order chi connectivity index (χ0) is 13.1. The van der Waals surface area contributed by atoms with Crippen LogP contribution in [-0.2, 0) is 6.54 Å². The van der Waals surface area contributed by atoms with Gasteiger partial charge in [0.1, 0.15) is 0 Å². The summed E-state index contributed by atoms with van der Waals surface area (Å²) in [6.07, 6.45) is 9.88. The average Bonchev–Trinajstić information content (AvgIpc) is 3.33. The van der Waals surface area contributed by atoms with E-state index in [1.54, 1.807) is 0 Å². The van der Waals surface area contributed by atoms with E-state index in [4.69, 9.17) is 0 Å². The van der Waals surface area contributed by atoms with Crippen LogP contribution in [-0.4, -0.2) is 30.7 Å². The summed E-state index contributed by atoms with van der Waals surface area (Å²) in [5.41, 5.74) is 0.623. The Labute approximate surface area is 138 Å². The van der Waals surface area contributed by atoms with Crippen molar-refractivity contribution in [2.24, 2.45) is 16.3 Å². The van der Waals surface area contributed by atoms with Gasteiger partial charge in [0.2, 0.25) is 0 Å². The molecule has 4 nitrogen and oxygen atoms in total. The molecular weight excluding hydrogens is 363 g/mol. The van der Waals surface area contributed by atoms with Crippen LogP contribution in [0.15, 0.2) is 29.5 Å². The Hall–Kier alpha value is -0.720. The normalized spacial score (nSPS) is 20.1. The Morgan fingerprint density at radius 3 is 2.50 bits per heavy atom. The highest BCUT2D eigenvalue weighted by Crippen LogP contribution is 2.60. The molecule has 0 aromatic carbocycles. The summed E-state index contributed by atoms with van der Waals surface area (Å²) in [7, 11) is 1.85. The van der Waals surface area contributed by atoms with Crippen molar-refractivity contribution in [3.8, 4) is 0 Å². The van der Waals surface area contributed by atoms with Gasteiger partial charge in [-0.25, -0.2) is 0 Å². The second-order valence-electron chi connectivity index (χ2n) is 5.91. The van der Waals surface area contributed by atoms with Crippen LogP contribution in [0.5, 0.6) is 0 Å². The van der Waals surface area contributed by atoms with Gasteiger partial charge in [0.25, 0.3) is 0 Å². The third-order valence-corrected chi connectivity index (χ3v) is 4.50. The molecule has 112 valence electrons. The molecule has 3 rings (SSSR count). The van der Waals surface area contributed by atoms with Crippen LogP contribution >= 0.6 is 24.0 Å². The molecule has 2 aliphatic carbocycles. The molecule has 2 aliphatic rings. The molecule has 20 heavy (non-hydrogen) atoms. The highest BCUT2D eigenvalue weighted by Gasteiger charge is 2.53. The van der Waals surface area contributed by atoms with E-state index in [9.17, 15) is 0 Å². The minimum Gasteiger partial charge on any atom is -0.356 e. The number of halogens is 1. The summed E-state index contributed by atoms with van der Waals surface area (Å²) in [5, 5.41) is 6.89. The minimum absolute atomic E-state index is 0. The summed E-state index contributed by atoms with van der Waals surface area (Å²) in [6, 6.07) is 4.11. The van der Waals surface area contributed by atoms with Crippen LogP contribution in [0.4, 0.5) is 0 Å². The van der Waals surface area contributed by atoms with Crippen LogP contribution in [0.3, 0.4) is 0 Å². The molecule has 2 N–H and O–H groups in total. The fraction of sp³-hybridized carbons (Fsp3) is 0.667. The minimum atomic E-state index is 0. The number of rotatable bonds is 6. The summed E-state index contributed by atoms with van der Waals surface area (Å²) in [5.74, 6) is 1.94. The smallest absolute Gasteiger partial charge is 0.191 e. The molecule has 0 aliphatic heterocycles. The SMILES string of the molecule is CN=C(NCCn1cccc1)NCC1(C2CC2)CC1.I. The van der Waals surface area contributed by atoms with Crippen LogP contribution in [0.2, 0.25) is 0 Å². The van der Waals surface area contributed by atoms with Crippen LogP contribution in [0.1, 0.15) is 25.7 Å². The largest absolute Gasteiger partial charge is 0.356 e. The van der Waals surface area contributed by atoms with Gasteiger partial charge < -0.3 is 15.2 Å². The zero-order valence-electron chi connectivity index (χ0n) is 12.1. The highest BCUT2D eigenvalue weighted by atomic mass is 127. The third kappa shape index (κ3) is 3.90. The topological polar surface area (TPSA) is 41.4 Å². The molecular formula is C15H25IN4. The third-order valence-electron chi connectivity index (χ3n) is 4.50. The lowest BCUT2D eigenvalue weighted by molar-refractivity contribution is 0.431. The van der Waals surface area contributed by atoms with E-state index >= 15 is 0 Å². The fourth-order valence-corrected chi connectivity index (χ4v) is 2.89. The Kier molecular flexibility index (Phi) is 5.35. The van der Waals surface area contributed by atoms with Gasteiger partial charge >= 0.3 is 0 Å². The first-order valence-electron chi connectivity index (χ1n) is 7.38. The summed E-state index contributed by atoms with van der Waals surface area (Å²) in [6.45, 7) is 2.98. The predicted molar refractivity (Wildman–Crippen MR) is 93.6 cm³/mol. The number of hydrogen-bond acceptors (Lipinski definition) is 1. The first-order chi connectivity index (χ1) is 9.32. The number of nitrogens with zero attached hydrogens (tertiary/aromatic N) is 2. The molecule has 0 spiro atoms. The van der Waals surface area contributed by atoms with Gasteiger partial charge in [-0.05, 0) is 49.1 Å². The van der Waals surface area contributed by atoms with E-state index in [0.29, 0.717) is 5.41 Å². The molecule has 0 amide bonds. The maximum atomic E-state index is 4.30. The van der Waals surface area contributed by atoms with Crippen LogP contribution in [0, 0.1) is 11.3 Å². The maximum absolute atomic E-state index is 4.30. The van der Waals surface area contributed by atoms with Gasteiger partial charge in [0.15, 0.2) is 5.96 Å². The fourth-order valence-electron chi connectivity index (χ4n) is 2.89. The van der Waals surface area contributed by atoms with Gasteiger partial charge in [0.05, 0.1) is 0 Å². The molecule has 0 saturated heterocycles. The second-order valence-corrected chi connectivity index (χ2v) is 5.91. The molecule has 1 heterocycles. The summed E-state index contributed by atoms with van der Waals surface area (Å²) >= 11 is 0. The van der Waals surface area contributed by atoms with Gasteiger partial charge in [-0.3, -0.25) is 4.99 Å². The quantitative estimate of drug-likeness (QED) is 0.447. The van der Waals surface area contributed by atoms with Crippen molar-refractivity contribution in [3.05, 3.63) is 24.5 Å². The van der Waals surface area contributed by atoms with Crippen LogP contribution in [0.25, 0.3) is 0 Å².